The van der Waals surface area contributed by atoms with E-state index in [1.54, 1.807) is 0 Å². The summed E-state index contributed by atoms with van der Waals surface area (Å²) in [6.45, 7) is -0.824. The summed E-state index contributed by atoms with van der Waals surface area (Å²) < 4.78 is 20.9. The van der Waals surface area contributed by atoms with Crippen molar-refractivity contribution in [3.63, 3.8) is 0 Å². The highest BCUT2D eigenvalue weighted by molar-refractivity contribution is 5.92. The smallest absolute Gasteiger partial charge is 0.340 e. The molecule has 0 radical (unpaired) electrons. The van der Waals surface area contributed by atoms with E-state index in [9.17, 15) is 60.3 Å². The monoisotopic (exact) mass is 630 g/mol. The van der Waals surface area contributed by atoms with Gasteiger partial charge in [0.1, 0.15) is 30.7 Å². The van der Waals surface area contributed by atoms with Crippen molar-refractivity contribution in [2.45, 2.75) is 30.7 Å². The fraction of sp³-hybridized carbons (Fsp3) is 0.207. The normalized spacial score (nSPS) is 21.2. The number of aliphatic hydroxyl groups excluding tert-OH is 2. The van der Waals surface area contributed by atoms with E-state index in [-0.39, 0.29) is 5.75 Å². The van der Waals surface area contributed by atoms with Gasteiger partial charge in [0.15, 0.2) is 40.6 Å². The lowest BCUT2D eigenvalue weighted by molar-refractivity contribution is -0.288. The summed E-state index contributed by atoms with van der Waals surface area (Å²) in [5.74, 6) is -8.89. The van der Waals surface area contributed by atoms with Crippen molar-refractivity contribution in [1.29, 1.82) is 0 Å². The molecule has 4 rings (SSSR count). The summed E-state index contributed by atoms with van der Waals surface area (Å²) in [6, 6.07) is 8.67. The lowest BCUT2D eigenvalue weighted by Crippen LogP contribution is -2.61. The first-order valence-electron chi connectivity index (χ1n) is 12.8. The van der Waals surface area contributed by atoms with E-state index in [1.807, 2.05) is 0 Å². The highest BCUT2D eigenvalue weighted by atomic mass is 16.7. The predicted molar refractivity (Wildman–Crippen MR) is 146 cm³/mol. The topological polar surface area (TPSA) is 270 Å². The maximum absolute atomic E-state index is 12.9. The molecule has 5 atom stereocenters. The number of ether oxygens (including phenoxy) is 4. The van der Waals surface area contributed by atoms with Crippen LogP contribution >= 0.6 is 0 Å². The fourth-order valence-corrected chi connectivity index (χ4v) is 4.05. The van der Waals surface area contributed by atoms with Gasteiger partial charge in [0.25, 0.3) is 0 Å². The average Bonchev–Trinajstić information content (AvgIpc) is 3.00. The van der Waals surface area contributed by atoms with Crippen LogP contribution in [0.25, 0.3) is 6.08 Å². The van der Waals surface area contributed by atoms with Gasteiger partial charge in [-0.3, -0.25) is 0 Å². The molecule has 0 bridgehead atoms. The van der Waals surface area contributed by atoms with Crippen LogP contribution in [0, 0.1) is 0 Å². The van der Waals surface area contributed by atoms with Crippen molar-refractivity contribution in [2.24, 2.45) is 0 Å². The van der Waals surface area contributed by atoms with Crippen LogP contribution in [0.15, 0.2) is 54.6 Å². The number of benzene rings is 3. The van der Waals surface area contributed by atoms with Crippen LogP contribution in [0.3, 0.4) is 0 Å². The van der Waals surface area contributed by atoms with Crippen molar-refractivity contribution < 1.29 is 79.3 Å². The van der Waals surface area contributed by atoms with Gasteiger partial charge in [-0.05, 0) is 48.0 Å². The third kappa shape index (κ3) is 7.45. The molecule has 0 aromatic heterocycles. The SMILES string of the molecule is O=C(C=Cc1ccc(O)cc1)O[C@H]1[C@H](OC(=O)c2cc(O)c(O)c(O)c2)O[C@H](COC(=O)c2cc(O)c(O)c(O)c2)[C@@H](O)[C@@H]1O. The molecule has 16 heteroatoms. The maximum atomic E-state index is 12.9. The van der Waals surface area contributed by atoms with Gasteiger partial charge in [-0.25, -0.2) is 14.4 Å². The van der Waals surface area contributed by atoms with Crippen molar-refractivity contribution in [3.05, 3.63) is 71.3 Å². The second-order valence-corrected chi connectivity index (χ2v) is 9.58. The minimum Gasteiger partial charge on any atom is -0.508 e. The molecule has 0 amide bonds. The van der Waals surface area contributed by atoms with E-state index in [4.69, 9.17) is 18.9 Å². The molecule has 16 nitrogen and oxygen atoms in total. The Hall–Kier alpha value is -5.71. The van der Waals surface area contributed by atoms with Gasteiger partial charge in [0.2, 0.25) is 6.29 Å². The molecule has 1 heterocycles. The standard InChI is InChI=1S/C29H26O16/c30-15-4-1-12(2-5-15)3-6-21(35)44-26-25(39)24(38)20(11-42-27(40)13-7-16(31)22(36)17(32)8-13)43-29(26)45-28(41)14-9-18(33)23(37)19(34)10-14/h1-10,20,24-26,29-34,36-39H,11H2/t20-,24-,25+,26-,29+/m1/s1. The van der Waals surface area contributed by atoms with E-state index in [0.717, 1.165) is 30.3 Å². The third-order valence-corrected chi connectivity index (χ3v) is 6.41. The van der Waals surface area contributed by atoms with Crippen molar-refractivity contribution in [2.75, 3.05) is 6.61 Å². The van der Waals surface area contributed by atoms with Crippen LogP contribution in [-0.4, -0.2) is 101 Å². The molecule has 9 N–H and O–H groups in total. The van der Waals surface area contributed by atoms with Crippen LogP contribution in [0.4, 0.5) is 0 Å². The number of carbonyl (C=O) groups excluding carboxylic acids is 3. The molecule has 0 spiro atoms. The summed E-state index contributed by atoms with van der Waals surface area (Å²) in [6.07, 6.45) is -7.24. The molecule has 1 aliphatic heterocycles. The number of hydrogen-bond acceptors (Lipinski definition) is 16. The Balaban J connectivity index is 1.54. The number of aromatic hydroxyl groups is 7. The first kappa shape index (κ1) is 32.2. The Morgan fingerprint density at radius 3 is 1.76 bits per heavy atom. The van der Waals surface area contributed by atoms with Crippen molar-refractivity contribution in [1.82, 2.24) is 0 Å². The number of esters is 3. The summed E-state index contributed by atoms with van der Waals surface area (Å²) >= 11 is 0. The molecule has 1 aliphatic rings. The second-order valence-electron chi connectivity index (χ2n) is 9.58. The van der Waals surface area contributed by atoms with Crippen LogP contribution in [-0.2, 0) is 23.7 Å². The first-order chi connectivity index (χ1) is 21.2. The van der Waals surface area contributed by atoms with Crippen molar-refractivity contribution >= 4 is 24.0 Å². The Morgan fingerprint density at radius 2 is 1.22 bits per heavy atom. The Labute approximate surface area is 252 Å². The summed E-state index contributed by atoms with van der Waals surface area (Å²) in [7, 11) is 0. The van der Waals surface area contributed by atoms with Crippen LogP contribution in [0.5, 0.6) is 40.2 Å². The quantitative estimate of drug-likeness (QED) is 0.0717. The largest absolute Gasteiger partial charge is 0.508 e. The van der Waals surface area contributed by atoms with E-state index in [1.165, 1.54) is 30.3 Å². The molecule has 0 saturated carbocycles. The molecule has 3 aromatic carbocycles. The second kappa shape index (κ2) is 13.3. The fourth-order valence-electron chi connectivity index (χ4n) is 4.05. The zero-order chi connectivity index (χ0) is 33.0. The van der Waals surface area contributed by atoms with Crippen LogP contribution in [0.2, 0.25) is 0 Å². The number of carbonyl (C=O) groups is 3. The van der Waals surface area contributed by atoms with E-state index in [2.05, 4.69) is 0 Å². The molecule has 3 aromatic rings. The molecule has 1 saturated heterocycles. The molecule has 45 heavy (non-hydrogen) atoms. The summed E-state index contributed by atoms with van der Waals surface area (Å²) in [4.78, 5) is 37.9. The number of phenolic OH excluding ortho intramolecular Hbond substituents is 7. The zero-order valence-electron chi connectivity index (χ0n) is 22.8. The third-order valence-electron chi connectivity index (χ3n) is 6.41. The highest BCUT2D eigenvalue weighted by Gasteiger charge is 2.49. The minimum atomic E-state index is -2.02. The molecule has 1 fully saturated rings. The molecule has 0 unspecified atom stereocenters. The highest BCUT2D eigenvalue weighted by Crippen LogP contribution is 2.37. The number of phenols is 7. The van der Waals surface area contributed by atoms with E-state index >= 15 is 0 Å². The van der Waals surface area contributed by atoms with Gasteiger partial charge < -0.3 is 64.9 Å². The predicted octanol–water partition coefficient (Wildman–Crippen LogP) is 0.711. The first-order valence-corrected chi connectivity index (χ1v) is 12.8. The summed E-state index contributed by atoms with van der Waals surface area (Å²) in [5.41, 5.74) is -0.465. The van der Waals surface area contributed by atoms with Gasteiger partial charge in [-0.15, -0.1) is 0 Å². The Bertz CT molecular complexity index is 1570. The maximum Gasteiger partial charge on any atom is 0.340 e. The lowest BCUT2D eigenvalue weighted by atomic mass is 9.99. The molecular weight excluding hydrogens is 604 g/mol. The van der Waals surface area contributed by atoms with Gasteiger partial charge in [-0.2, -0.15) is 0 Å². The lowest BCUT2D eigenvalue weighted by Gasteiger charge is -2.41. The summed E-state index contributed by atoms with van der Waals surface area (Å²) in [5, 5.41) is 88.7. The number of rotatable bonds is 8. The van der Waals surface area contributed by atoms with Crippen LogP contribution in [0.1, 0.15) is 26.3 Å². The number of aliphatic hydroxyl groups is 2. The molecular formula is C29H26O16. The van der Waals surface area contributed by atoms with E-state index in [0.29, 0.717) is 5.56 Å². The zero-order valence-corrected chi connectivity index (χ0v) is 22.8. The van der Waals surface area contributed by atoms with Gasteiger partial charge in [0.05, 0.1) is 11.1 Å². The minimum absolute atomic E-state index is 0.0225. The van der Waals surface area contributed by atoms with Crippen LogP contribution < -0.4 is 0 Å². The van der Waals surface area contributed by atoms with Gasteiger partial charge >= 0.3 is 17.9 Å². The molecule has 238 valence electrons. The average molecular weight is 631 g/mol. The number of hydrogen-bond donors (Lipinski definition) is 9. The van der Waals surface area contributed by atoms with Gasteiger partial charge in [-0.1, -0.05) is 12.1 Å². The van der Waals surface area contributed by atoms with Gasteiger partial charge in [0, 0.05) is 6.08 Å². The van der Waals surface area contributed by atoms with Crippen molar-refractivity contribution in [3.8, 4) is 40.2 Å². The van der Waals surface area contributed by atoms with E-state index < -0.39 is 101 Å². The molecule has 0 aliphatic carbocycles. The Morgan fingerprint density at radius 1 is 0.711 bits per heavy atom. The Kier molecular flexibility index (Phi) is 9.51.